The van der Waals surface area contributed by atoms with Crippen molar-refractivity contribution in [3.8, 4) is 0 Å². The van der Waals surface area contributed by atoms with Crippen molar-refractivity contribution in [2.45, 2.75) is 57.4 Å². The van der Waals surface area contributed by atoms with E-state index in [4.69, 9.17) is 0 Å². The van der Waals surface area contributed by atoms with Crippen LogP contribution in [0.1, 0.15) is 45.1 Å². The van der Waals surface area contributed by atoms with Gasteiger partial charge in [0.15, 0.2) is 10.7 Å². The van der Waals surface area contributed by atoms with Gasteiger partial charge in [-0.05, 0) is 62.8 Å². The number of rotatable bonds is 5. The van der Waals surface area contributed by atoms with E-state index in [-0.39, 0.29) is 16.8 Å². The van der Waals surface area contributed by atoms with Crippen LogP contribution in [0.5, 0.6) is 0 Å². The van der Waals surface area contributed by atoms with Crippen molar-refractivity contribution in [2.75, 3.05) is 35.8 Å². The number of aromatic nitrogens is 1. The van der Waals surface area contributed by atoms with Crippen LogP contribution in [0.2, 0.25) is 0 Å². The second-order valence-electron chi connectivity index (χ2n) is 11.1. The number of sulfonamides is 1. The molecular formula is C25H31F3N4O2S. The summed E-state index contributed by atoms with van der Waals surface area (Å²) in [6.07, 6.45) is 4.35. The highest BCUT2D eigenvalue weighted by Crippen LogP contribution is 2.53. The minimum Gasteiger partial charge on any atom is -0.371 e. The van der Waals surface area contributed by atoms with Crippen LogP contribution >= 0.6 is 0 Å². The maximum absolute atomic E-state index is 15.4. The van der Waals surface area contributed by atoms with Crippen LogP contribution in [-0.2, 0) is 10.0 Å². The van der Waals surface area contributed by atoms with E-state index in [1.165, 1.54) is 25.5 Å². The van der Waals surface area contributed by atoms with Crippen molar-refractivity contribution >= 4 is 21.5 Å². The van der Waals surface area contributed by atoms with Gasteiger partial charge in [-0.15, -0.1) is 0 Å². The number of likely N-dealkylation sites (tertiary alicyclic amines) is 1. The van der Waals surface area contributed by atoms with Crippen molar-refractivity contribution in [2.24, 2.45) is 10.8 Å². The Bertz CT molecular complexity index is 1270. The highest BCUT2D eigenvalue weighted by Gasteiger charge is 2.54. The van der Waals surface area contributed by atoms with Gasteiger partial charge in [0, 0.05) is 42.3 Å². The fourth-order valence-electron chi connectivity index (χ4n) is 6.16. The summed E-state index contributed by atoms with van der Waals surface area (Å²) in [7, 11) is -4.66. The van der Waals surface area contributed by atoms with Gasteiger partial charge in [0.25, 0.3) is 10.0 Å². The maximum atomic E-state index is 15.4. The molecule has 1 aromatic carbocycles. The lowest BCUT2D eigenvalue weighted by Gasteiger charge is -2.52. The number of benzene rings is 1. The summed E-state index contributed by atoms with van der Waals surface area (Å²) in [5, 5.41) is 0. The van der Waals surface area contributed by atoms with E-state index in [0.717, 1.165) is 44.5 Å². The Hall–Kier alpha value is -2.33. The Morgan fingerprint density at radius 2 is 1.86 bits per heavy atom. The van der Waals surface area contributed by atoms with Gasteiger partial charge < -0.3 is 4.90 Å². The maximum Gasteiger partial charge on any atom is 0.268 e. The third-order valence-electron chi connectivity index (χ3n) is 8.11. The fraction of sp³-hybridized carbons (Fsp3) is 0.560. The van der Waals surface area contributed by atoms with Crippen molar-refractivity contribution < 1.29 is 21.6 Å². The van der Waals surface area contributed by atoms with Crippen LogP contribution in [0.4, 0.5) is 24.7 Å². The van der Waals surface area contributed by atoms with Crippen LogP contribution in [0, 0.1) is 35.3 Å². The molecule has 1 aromatic heterocycles. The predicted molar refractivity (Wildman–Crippen MR) is 128 cm³/mol. The summed E-state index contributed by atoms with van der Waals surface area (Å²) in [6.45, 7) is 9.58. The van der Waals surface area contributed by atoms with E-state index in [2.05, 4.69) is 23.7 Å². The zero-order valence-corrected chi connectivity index (χ0v) is 21.1. The zero-order valence-electron chi connectivity index (χ0n) is 20.2. The largest absolute Gasteiger partial charge is 0.371 e. The normalized spacial score (nSPS) is 26.3. The topological polar surface area (TPSA) is 65.5 Å². The monoisotopic (exact) mass is 508 g/mol. The average Bonchev–Trinajstić information content (AvgIpc) is 3.34. The van der Waals surface area contributed by atoms with Crippen LogP contribution in [0.3, 0.4) is 0 Å². The van der Waals surface area contributed by atoms with Crippen molar-refractivity contribution in [3.05, 3.63) is 47.4 Å². The zero-order chi connectivity index (χ0) is 25.2. The highest BCUT2D eigenvalue weighted by atomic mass is 32.2. The van der Waals surface area contributed by atoms with E-state index in [1.54, 1.807) is 0 Å². The van der Waals surface area contributed by atoms with Gasteiger partial charge >= 0.3 is 0 Å². The number of nitrogens with one attached hydrogen (secondary N) is 1. The standard InChI is InChI=1S/C25H31F3N4O2S/c1-16-18(31-12-10-25(15-31)8-7-19(25)32-11-9-24(2,3)14-32)13-17(26)23(22(16)28)35(33,34)30-21-6-4-5-20(27)29-21/h4-6,13,19H,7-12,14-15H2,1-3H3,(H,29,30)/t19-,25+/m1/s1. The molecule has 2 aliphatic heterocycles. The Kier molecular flexibility index (Phi) is 5.83. The lowest BCUT2D eigenvalue weighted by Crippen LogP contribution is -2.56. The van der Waals surface area contributed by atoms with Gasteiger partial charge in [-0.2, -0.15) is 4.39 Å². The smallest absolute Gasteiger partial charge is 0.268 e. The van der Waals surface area contributed by atoms with E-state index in [1.807, 2.05) is 9.62 Å². The molecule has 3 heterocycles. The summed E-state index contributed by atoms with van der Waals surface area (Å²) in [6, 6.07) is 5.08. The Balaban J connectivity index is 1.39. The second kappa shape index (κ2) is 8.37. The number of nitrogens with zero attached hydrogens (tertiary/aromatic N) is 3. The average molecular weight is 509 g/mol. The van der Waals surface area contributed by atoms with Crippen LogP contribution in [0.15, 0.2) is 29.2 Å². The van der Waals surface area contributed by atoms with E-state index >= 15 is 8.78 Å². The Morgan fingerprint density at radius 1 is 1.09 bits per heavy atom. The highest BCUT2D eigenvalue weighted by molar-refractivity contribution is 7.92. The van der Waals surface area contributed by atoms with Gasteiger partial charge in [-0.25, -0.2) is 22.2 Å². The van der Waals surface area contributed by atoms with Gasteiger partial charge in [-0.1, -0.05) is 19.9 Å². The summed E-state index contributed by atoms with van der Waals surface area (Å²) in [5.74, 6) is -3.59. The second-order valence-corrected chi connectivity index (χ2v) is 12.7. The SMILES string of the molecule is Cc1c(N2CC[C@@]3(CC[C@H]3N3CCC(C)(C)C3)C2)cc(F)c(S(=O)(=O)Nc2cccc(F)n2)c1F. The van der Waals surface area contributed by atoms with Crippen LogP contribution < -0.4 is 9.62 Å². The van der Waals surface area contributed by atoms with E-state index in [9.17, 15) is 12.8 Å². The Labute approximate surface area is 204 Å². The first-order chi connectivity index (χ1) is 16.4. The molecule has 1 saturated carbocycles. The van der Waals surface area contributed by atoms with Crippen molar-refractivity contribution in [1.82, 2.24) is 9.88 Å². The molecule has 3 aliphatic rings. The summed E-state index contributed by atoms with van der Waals surface area (Å²) in [4.78, 5) is 6.91. The summed E-state index contributed by atoms with van der Waals surface area (Å²) >= 11 is 0. The molecule has 0 amide bonds. The first kappa shape index (κ1) is 24.4. The first-order valence-corrected chi connectivity index (χ1v) is 13.5. The van der Waals surface area contributed by atoms with Crippen molar-refractivity contribution in [1.29, 1.82) is 0 Å². The molecule has 2 atom stereocenters. The van der Waals surface area contributed by atoms with Gasteiger partial charge in [0.05, 0.1) is 0 Å². The number of anilines is 2. The molecule has 2 saturated heterocycles. The minimum absolute atomic E-state index is 0.0780. The quantitative estimate of drug-likeness (QED) is 0.594. The molecule has 1 spiro atoms. The molecule has 10 heteroatoms. The lowest BCUT2D eigenvalue weighted by molar-refractivity contribution is -0.00273. The molecule has 190 valence electrons. The molecule has 6 nitrogen and oxygen atoms in total. The first-order valence-electron chi connectivity index (χ1n) is 12.0. The molecule has 3 fully saturated rings. The summed E-state index contributed by atoms with van der Waals surface area (Å²) < 4.78 is 71.3. The number of halogens is 3. The molecule has 1 N–H and O–H groups in total. The molecule has 0 radical (unpaired) electrons. The lowest BCUT2D eigenvalue weighted by atomic mass is 9.63. The molecule has 35 heavy (non-hydrogen) atoms. The van der Waals surface area contributed by atoms with Crippen molar-refractivity contribution in [3.63, 3.8) is 0 Å². The van der Waals surface area contributed by atoms with E-state index in [0.29, 0.717) is 30.2 Å². The molecule has 2 aromatic rings. The molecule has 1 aliphatic carbocycles. The van der Waals surface area contributed by atoms with Gasteiger partial charge in [0.2, 0.25) is 5.95 Å². The fourth-order valence-corrected chi connectivity index (χ4v) is 7.36. The van der Waals surface area contributed by atoms with Crippen LogP contribution in [-0.4, -0.2) is 50.5 Å². The number of hydrogen-bond acceptors (Lipinski definition) is 5. The predicted octanol–water partition coefficient (Wildman–Crippen LogP) is 4.70. The third-order valence-corrected chi connectivity index (χ3v) is 9.50. The van der Waals surface area contributed by atoms with Gasteiger partial charge in [0.1, 0.15) is 11.6 Å². The molecule has 0 bridgehead atoms. The summed E-state index contributed by atoms with van der Waals surface area (Å²) in [5.41, 5.74) is 0.880. The number of pyridine rings is 1. The molecular weight excluding hydrogens is 477 g/mol. The third kappa shape index (κ3) is 4.28. The minimum atomic E-state index is -4.66. The van der Waals surface area contributed by atoms with Crippen LogP contribution in [0.25, 0.3) is 0 Å². The molecule has 0 unspecified atom stereocenters. The molecule has 5 rings (SSSR count). The van der Waals surface area contributed by atoms with Gasteiger partial charge in [-0.3, -0.25) is 9.62 Å². The Morgan fingerprint density at radius 3 is 2.49 bits per heavy atom. The van der Waals surface area contributed by atoms with E-state index < -0.39 is 32.5 Å². The number of hydrogen-bond donors (Lipinski definition) is 1.